The minimum atomic E-state index is -0.433. The van der Waals surface area contributed by atoms with E-state index in [1.807, 2.05) is 30.3 Å². The van der Waals surface area contributed by atoms with Gasteiger partial charge in [0, 0.05) is 12.1 Å². The summed E-state index contributed by atoms with van der Waals surface area (Å²) in [6.45, 7) is 0. The van der Waals surface area contributed by atoms with Crippen molar-refractivity contribution in [3.05, 3.63) is 64.7 Å². The largest absolute Gasteiger partial charge is 0.412 e. The van der Waals surface area contributed by atoms with Crippen LogP contribution in [0, 0.1) is 10.1 Å². The Morgan fingerprint density at radius 3 is 2.33 bits per heavy atom. The van der Waals surface area contributed by atoms with E-state index in [4.69, 9.17) is 0 Å². The Hall–Kier alpha value is -3.13. The van der Waals surface area contributed by atoms with Gasteiger partial charge in [0.05, 0.1) is 10.5 Å². The summed E-state index contributed by atoms with van der Waals surface area (Å²) >= 11 is 0. The van der Waals surface area contributed by atoms with Crippen molar-refractivity contribution in [2.75, 3.05) is 0 Å². The second-order valence-electron chi connectivity index (χ2n) is 4.10. The Bertz CT molecular complexity index is 740. The first kappa shape index (κ1) is 14.3. The highest BCUT2D eigenvalue weighted by atomic mass is 16.6. The van der Waals surface area contributed by atoms with E-state index in [9.17, 15) is 10.1 Å². The zero-order valence-electron chi connectivity index (χ0n) is 10.8. The first-order valence-electron chi connectivity index (χ1n) is 5.89. The zero-order chi connectivity index (χ0) is 13.9. The highest BCUT2D eigenvalue weighted by Gasteiger charge is 2.19. The number of nitrogens with one attached hydrogen (secondary N) is 1. The van der Waals surface area contributed by atoms with Gasteiger partial charge in [0.2, 0.25) is 0 Å². The quantitative estimate of drug-likeness (QED) is 0.435. The number of aromatic amines is 1. The van der Waals surface area contributed by atoms with Crippen molar-refractivity contribution in [2.45, 2.75) is 0 Å². The van der Waals surface area contributed by atoms with Crippen molar-refractivity contribution in [3.8, 4) is 17.1 Å². The lowest BCUT2D eigenvalue weighted by Crippen LogP contribution is -2.34. The fourth-order valence-corrected chi connectivity index (χ4v) is 1.88. The molecule has 3 rings (SSSR count). The van der Waals surface area contributed by atoms with Crippen LogP contribution in [0.25, 0.3) is 17.1 Å². The van der Waals surface area contributed by atoms with E-state index in [1.54, 1.807) is 16.8 Å². The Kier molecular flexibility index (Phi) is 4.00. The van der Waals surface area contributed by atoms with Gasteiger partial charge in [-0.15, -0.1) is 4.68 Å². The third kappa shape index (κ3) is 2.74. The minimum absolute atomic E-state index is 0. The van der Waals surface area contributed by atoms with Crippen LogP contribution in [0.3, 0.4) is 0 Å². The molecule has 0 radical (unpaired) electrons. The number of aromatic nitrogens is 4. The molecule has 0 aliphatic rings. The first-order chi connectivity index (χ1) is 9.75. The van der Waals surface area contributed by atoms with Crippen LogP contribution in [0.2, 0.25) is 0 Å². The van der Waals surface area contributed by atoms with Crippen molar-refractivity contribution >= 4 is 5.69 Å². The van der Waals surface area contributed by atoms with Crippen LogP contribution in [-0.2, 0) is 0 Å². The average Bonchev–Trinajstić information content (AvgIpc) is 2.97. The molecule has 106 valence electrons. The zero-order valence-corrected chi connectivity index (χ0v) is 10.8. The topological polar surface area (TPSA) is 120 Å². The number of nitro groups is 1. The number of benzene rings is 2. The van der Waals surface area contributed by atoms with Crippen LogP contribution >= 0.6 is 0 Å². The number of H-pyrrole nitrogens is 1. The van der Waals surface area contributed by atoms with Crippen molar-refractivity contribution in [3.63, 3.8) is 0 Å². The molecule has 0 saturated carbocycles. The van der Waals surface area contributed by atoms with Gasteiger partial charge in [0.25, 0.3) is 5.69 Å². The molecular formula is C13H12N5O3+. The van der Waals surface area contributed by atoms with E-state index < -0.39 is 4.92 Å². The number of nitro benzene ring substituents is 1. The van der Waals surface area contributed by atoms with Gasteiger partial charge >= 0.3 is 5.82 Å². The number of tetrazole rings is 1. The maximum atomic E-state index is 10.7. The summed E-state index contributed by atoms with van der Waals surface area (Å²) in [7, 11) is 0. The van der Waals surface area contributed by atoms with Gasteiger partial charge in [0.1, 0.15) is 10.8 Å². The predicted octanol–water partition coefficient (Wildman–Crippen LogP) is 0.832. The van der Waals surface area contributed by atoms with Crippen LogP contribution in [0.15, 0.2) is 54.6 Å². The lowest BCUT2D eigenvalue weighted by Gasteiger charge is -1.98. The van der Waals surface area contributed by atoms with Gasteiger partial charge in [-0.05, 0) is 24.3 Å². The molecule has 0 bridgehead atoms. The summed E-state index contributed by atoms with van der Waals surface area (Å²) in [5.41, 5.74) is 1.67. The molecule has 3 aromatic rings. The van der Waals surface area contributed by atoms with Crippen LogP contribution < -0.4 is 4.68 Å². The number of nitrogens with zero attached hydrogens (tertiary/aromatic N) is 4. The molecule has 1 aromatic heterocycles. The molecule has 3 N–H and O–H groups in total. The molecule has 21 heavy (non-hydrogen) atoms. The van der Waals surface area contributed by atoms with Gasteiger partial charge in [-0.2, -0.15) is 0 Å². The number of hydrogen-bond donors (Lipinski definition) is 1. The summed E-state index contributed by atoms with van der Waals surface area (Å²) in [5, 5.41) is 21.2. The molecule has 8 heteroatoms. The van der Waals surface area contributed by atoms with E-state index in [2.05, 4.69) is 15.5 Å². The second-order valence-corrected chi connectivity index (χ2v) is 4.10. The second kappa shape index (κ2) is 5.88. The molecule has 0 aliphatic heterocycles. The van der Waals surface area contributed by atoms with Crippen LogP contribution in [0.5, 0.6) is 0 Å². The highest BCUT2D eigenvalue weighted by molar-refractivity contribution is 5.54. The normalized spacial score (nSPS) is 9.90. The molecule has 0 saturated heterocycles. The van der Waals surface area contributed by atoms with E-state index >= 15 is 0 Å². The van der Waals surface area contributed by atoms with E-state index in [1.165, 1.54) is 12.1 Å². The van der Waals surface area contributed by atoms with Crippen molar-refractivity contribution in [1.82, 2.24) is 15.5 Å². The Morgan fingerprint density at radius 2 is 1.71 bits per heavy atom. The van der Waals surface area contributed by atoms with Crippen molar-refractivity contribution < 1.29 is 15.1 Å². The summed E-state index contributed by atoms with van der Waals surface area (Å²) in [4.78, 5) is 10.2. The van der Waals surface area contributed by atoms with Gasteiger partial charge in [-0.25, -0.2) is 0 Å². The monoisotopic (exact) mass is 286 g/mol. The summed E-state index contributed by atoms with van der Waals surface area (Å²) in [5.74, 6) is 0.589. The lowest BCUT2D eigenvalue weighted by molar-refractivity contribution is -0.649. The van der Waals surface area contributed by atoms with Gasteiger partial charge < -0.3 is 5.48 Å². The van der Waals surface area contributed by atoms with Crippen LogP contribution in [0.1, 0.15) is 0 Å². The molecule has 0 unspecified atom stereocenters. The van der Waals surface area contributed by atoms with Gasteiger partial charge in [-0.1, -0.05) is 23.4 Å². The highest BCUT2D eigenvalue weighted by Crippen LogP contribution is 2.18. The predicted molar refractivity (Wildman–Crippen MR) is 73.6 cm³/mol. The summed E-state index contributed by atoms with van der Waals surface area (Å²) in [6.07, 6.45) is 0. The standard InChI is InChI=1S/C13H9N5O2.H2O/c19-18(20)12-8-6-10(7-9-12)13-14-15-16-17(13)11-4-2-1-3-5-11;/h1-9H;1H2/p+1. The van der Waals surface area contributed by atoms with Crippen molar-refractivity contribution in [2.24, 2.45) is 0 Å². The van der Waals surface area contributed by atoms with Crippen LogP contribution in [-0.4, -0.2) is 25.9 Å². The van der Waals surface area contributed by atoms with Gasteiger partial charge in [-0.3, -0.25) is 10.1 Å². The SMILES string of the molecule is O.O=[N+]([O-])c1ccc(-c2nn[nH][n+]2-c2ccccc2)cc1. The third-order valence-electron chi connectivity index (χ3n) is 2.85. The molecule has 0 amide bonds. The Labute approximate surface area is 119 Å². The van der Waals surface area contributed by atoms with E-state index in [-0.39, 0.29) is 11.2 Å². The maximum absolute atomic E-state index is 10.7. The molecule has 0 spiro atoms. The smallest absolute Gasteiger partial charge is 0.337 e. The molecule has 8 nitrogen and oxygen atoms in total. The maximum Gasteiger partial charge on any atom is 0.337 e. The first-order valence-corrected chi connectivity index (χ1v) is 5.89. The number of hydrogen-bond acceptors (Lipinski definition) is 4. The average molecular weight is 286 g/mol. The Morgan fingerprint density at radius 1 is 1.05 bits per heavy atom. The molecule has 1 heterocycles. The molecular weight excluding hydrogens is 274 g/mol. The fraction of sp³-hybridized carbons (Fsp3) is 0. The fourth-order valence-electron chi connectivity index (χ4n) is 1.88. The summed E-state index contributed by atoms with van der Waals surface area (Å²) in [6, 6.07) is 15.7. The minimum Gasteiger partial charge on any atom is -0.412 e. The van der Waals surface area contributed by atoms with E-state index in [0.29, 0.717) is 5.82 Å². The third-order valence-corrected chi connectivity index (χ3v) is 2.85. The van der Waals surface area contributed by atoms with Gasteiger partial charge in [0.15, 0.2) is 5.21 Å². The van der Waals surface area contributed by atoms with Crippen LogP contribution in [0.4, 0.5) is 5.69 Å². The number of rotatable bonds is 3. The summed E-state index contributed by atoms with van der Waals surface area (Å²) < 4.78 is 1.71. The van der Waals surface area contributed by atoms with Crippen molar-refractivity contribution in [1.29, 1.82) is 0 Å². The number of para-hydroxylation sites is 1. The lowest BCUT2D eigenvalue weighted by atomic mass is 10.2. The number of non-ortho nitro benzene ring substituents is 1. The molecule has 2 aromatic carbocycles. The molecule has 0 fully saturated rings. The van der Waals surface area contributed by atoms with E-state index in [0.717, 1.165) is 11.3 Å². The molecule has 0 aliphatic carbocycles. The Balaban J connectivity index is 0.00000161. The molecule has 0 atom stereocenters.